The van der Waals surface area contributed by atoms with Gasteiger partial charge in [-0.2, -0.15) is 4.98 Å². The van der Waals surface area contributed by atoms with Gasteiger partial charge in [-0.25, -0.2) is 19.9 Å². The number of pyridine rings is 1. The largest absolute Gasteiger partial charge is 0.391 e. The number of ether oxygens (including phenoxy) is 1. The van der Waals surface area contributed by atoms with Gasteiger partial charge in [0.2, 0.25) is 11.9 Å². The molecule has 3 N–H and O–H groups in total. The molecule has 0 amide bonds. The van der Waals surface area contributed by atoms with Crippen molar-refractivity contribution in [2.45, 2.75) is 18.9 Å². The highest BCUT2D eigenvalue weighted by molar-refractivity contribution is 5.77. The van der Waals surface area contributed by atoms with E-state index < -0.39 is 0 Å². The van der Waals surface area contributed by atoms with Crippen molar-refractivity contribution in [3.63, 3.8) is 0 Å². The van der Waals surface area contributed by atoms with Gasteiger partial charge < -0.3 is 30.3 Å². The zero-order chi connectivity index (χ0) is 23.1. The molecule has 3 aliphatic heterocycles. The maximum Gasteiger partial charge on any atom is 0.228 e. The highest BCUT2D eigenvalue weighted by atomic mass is 16.5. The number of nitrogens with two attached hydrogens (primary N) is 1. The lowest BCUT2D eigenvalue weighted by atomic mass is 10.1. The smallest absolute Gasteiger partial charge is 0.228 e. The van der Waals surface area contributed by atoms with Crippen molar-refractivity contribution >= 4 is 29.2 Å². The summed E-state index contributed by atoms with van der Waals surface area (Å²) in [5.41, 5.74) is 9.48. The average Bonchev–Trinajstić information content (AvgIpc) is 3.51. The molecule has 0 bridgehead atoms. The van der Waals surface area contributed by atoms with Crippen molar-refractivity contribution in [1.29, 1.82) is 0 Å². The lowest BCUT2D eigenvalue weighted by molar-refractivity contribution is 0.122. The fourth-order valence-corrected chi connectivity index (χ4v) is 4.80. The number of aliphatic hydroxyl groups excluding tert-OH is 1. The van der Waals surface area contributed by atoms with Crippen molar-refractivity contribution in [2.75, 3.05) is 66.4 Å². The zero-order valence-electron chi connectivity index (χ0n) is 18.8. The molecule has 6 heterocycles. The number of nitrogen functional groups attached to an aromatic ring is 1. The SMILES string of the molecule is Nc1ncc(-c2nc(N3CCOCC3)nc3c2CCN3c2ccnc(N3CCC(O)C3)c2)cn1. The molecular formula is C23H27N9O2. The van der Waals surface area contributed by atoms with E-state index in [0.717, 1.165) is 73.2 Å². The van der Waals surface area contributed by atoms with Gasteiger partial charge in [-0.1, -0.05) is 0 Å². The van der Waals surface area contributed by atoms with Crippen molar-refractivity contribution < 1.29 is 9.84 Å². The molecule has 11 heteroatoms. The number of anilines is 5. The monoisotopic (exact) mass is 461 g/mol. The van der Waals surface area contributed by atoms with Gasteiger partial charge in [-0.3, -0.25) is 0 Å². The van der Waals surface area contributed by atoms with Crippen LogP contribution in [-0.4, -0.2) is 82.1 Å². The number of rotatable bonds is 4. The lowest BCUT2D eigenvalue weighted by Gasteiger charge is -2.28. The van der Waals surface area contributed by atoms with Crippen LogP contribution in [0.2, 0.25) is 0 Å². The third kappa shape index (κ3) is 3.86. The van der Waals surface area contributed by atoms with Crippen LogP contribution < -0.4 is 20.4 Å². The van der Waals surface area contributed by atoms with E-state index in [9.17, 15) is 5.11 Å². The van der Waals surface area contributed by atoms with Gasteiger partial charge in [0.25, 0.3) is 0 Å². The van der Waals surface area contributed by atoms with Crippen molar-refractivity contribution in [3.05, 3.63) is 36.3 Å². The van der Waals surface area contributed by atoms with Gasteiger partial charge in [0, 0.05) is 74.2 Å². The van der Waals surface area contributed by atoms with Crippen LogP contribution in [0, 0.1) is 0 Å². The Bertz CT molecular complexity index is 1180. The molecule has 0 radical (unpaired) electrons. The van der Waals surface area contributed by atoms with E-state index in [2.05, 4.69) is 35.7 Å². The van der Waals surface area contributed by atoms with Crippen LogP contribution in [0.4, 0.5) is 29.2 Å². The van der Waals surface area contributed by atoms with Gasteiger partial charge in [-0.15, -0.1) is 0 Å². The van der Waals surface area contributed by atoms with E-state index in [4.69, 9.17) is 20.4 Å². The highest BCUT2D eigenvalue weighted by Gasteiger charge is 2.30. The molecule has 1 atom stereocenters. The summed E-state index contributed by atoms with van der Waals surface area (Å²) in [6.07, 6.45) is 6.54. The Hall–Kier alpha value is -3.57. The third-order valence-corrected chi connectivity index (χ3v) is 6.58. The summed E-state index contributed by atoms with van der Waals surface area (Å²) in [7, 11) is 0. The predicted molar refractivity (Wildman–Crippen MR) is 128 cm³/mol. The molecule has 34 heavy (non-hydrogen) atoms. The van der Waals surface area contributed by atoms with E-state index >= 15 is 0 Å². The number of hydrogen-bond acceptors (Lipinski definition) is 11. The summed E-state index contributed by atoms with van der Waals surface area (Å²) >= 11 is 0. The minimum absolute atomic E-state index is 0.237. The molecule has 1 unspecified atom stereocenters. The van der Waals surface area contributed by atoms with E-state index in [-0.39, 0.29) is 12.1 Å². The van der Waals surface area contributed by atoms with E-state index in [1.54, 1.807) is 12.4 Å². The lowest BCUT2D eigenvalue weighted by Crippen LogP contribution is -2.37. The molecule has 2 fully saturated rings. The average molecular weight is 462 g/mol. The number of nitrogens with zero attached hydrogens (tertiary/aromatic N) is 8. The van der Waals surface area contributed by atoms with Gasteiger partial charge >= 0.3 is 0 Å². The molecule has 3 aromatic rings. The Morgan fingerprint density at radius 2 is 1.82 bits per heavy atom. The van der Waals surface area contributed by atoms with Crippen LogP contribution >= 0.6 is 0 Å². The standard InChI is InChI=1S/C23H27N9O2/c24-22-26-12-15(13-27-22)20-18-3-6-32(21(18)29-23(28-20)30-7-9-34-10-8-30)16-1-4-25-19(11-16)31-5-2-17(33)14-31/h1,4,11-13,17,33H,2-3,5-10,14H2,(H2,24,26,27). The number of aromatic nitrogens is 5. The number of β-amino-alcohol motifs (C(OH)–C–C–N with tert-alkyl or cyclic N) is 1. The molecule has 0 spiro atoms. The molecule has 0 aromatic carbocycles. The fourth-order valence-electron chi connectivity index (χ4n) is 4.80. The second-order valence-electron chi connectivity index (χ2n) is 8.77. The van der Waals surface area contributed by atoms with Crippen LogP contribution in [-0.2, 0) is 11.2 Å². The first kappa shape index (κ1) is 21.0. The summed E-state index contributed by atoms with van der Waals surface area (Å²) in [6.45, 7) is 4.99. The quantitative estimate of drug-likeness (QED) is 0.577. The molecule has 0 saturated carbocycles. The van der Waals surface area contributed by atoms with E-state index in [0.29, 0.717) is 25.7 Å². The Morgan fingerprint density at radius 1 is 1.00 bits per heavy atom. The zero-order valence-corrected chi connectivity index (χ0v) is 18.8. The van der Waals surface area contributed by atoms with Crippen molar-refractivity contribution in [3.8, 4) is 11.3 Å². The topological polar surface area (TPSA) is 130 Å². The van der Waals surface area contributed by atoms with Crippen LogP contribution in [0.1, 0.15) is 12.0 Å². The molecule has 3 aliphatic rings. The second-order valence-corrected chi connectivity index (χ2v) is 8.77. The highest BCUT2D eigenvalue weighted by Crippen LogP contribution is 2.39. The van der Waals surface area contributed by atoms with Gasteiger partial charge in [-0.05, 0) is 18.9 Å². The number of aliphatic hydroxyl groups is 1. The molecular weight excluding hydrogens is 434 g/mol. The Kier molecular flexibility index (Phi) is 5.34. The summed E-state index contributed by atoms with van der Waals surface area (Å²) < 4.78 is 5.53. The van der Waals surface area contributed by atoms with Crippen LogP contribution in [0.5, 0.6) is 0 Å². The molecule has 3 aromatic heterocycles. The molecule has 6 rings (SSSR count). The maximum absolute atomic E-state index is 9.95. The second kappa shape index (κ2) is 8.65. The maximum atomic E-state index is 9.95. The van der Waals surface area contributed by atoms with Crippen LogP contribution in [0.25, 0.3) is 11.3 Å². The minimum Gasteiger partial charge on any atom is -0.391 e. The fraction of sp³-hybridized carbons (Fsp3) is 0.435. The number of morpholine rings is 1. The summed E-state index contributed by atoms with van der Waals surface area (Å²) in [6, 6.07) is 4.09. The van der Waals surface area contributed by atoms with Crippen molar-refractivity contribution in [2.24, 2.45) is 0 Å². The first-order valence-electron chi connectivity index (χ1n) is 11.6. The number of hydrogen-bond donors (Lipinski definition) is 2. The Balaban J connectivity index is 1.41. The van der Waals surface area contributed by atoms with Crippen LogP contribution in [0.15, 0.2) is 30.7 Å². The first-order chi connectivity index (χ1) is 16.7. The summed E-state index contributed by atoms with van der Waals surface area (Å²) in [5, 5.41) is 9.95. The van der Waals surface area contributed by atoms with Gasteiger partial charge in [0.05, 0.1) is 25.0 Å². The molecule has 0 aliphatic carbocycles. The predicted octanol–water partition coefficient (Wildman–Crippen LogP) is 1.01. The van der Waals surface area contributed by atoms with E-state index in [1.165, 1.54) is 0 Å². The van der Waals surface area contributed by atoms with Crippen LogP contribution in [0.3, 0.4) is 0 Å². The van der Waals surface area contributed by atoms with Crippen molar-refractivity contribution in [1.82, 2.24) is 24.9 Å². The molecule has 176 valence electrons. The van der Waals surface area contributed by atoms with Gasteiger partial charge in [0.15, 0.2) is 0 Å². The molecule has 2 saturated heterocycles. The number of fused-ring (bicyclic) bond motifs is 1. The Labute approximate surface area is 197 Å². The minimum atomic E-state index is -0.300. The van der Waals surface area contributed by atoms with Gasteiger partial charge in [0.1, 0.15) is 11.6 Å². The normalized spacial score (nSPS) is 20.1. The first-order valence-corrected chi connectivity index (χ1v) is 11.6. The Morgan fingerprint density at radius 3 is 2.59 bits per heavy atom. The van der Waals surface area contributed by atoms with E-state index in [1.807, 2.05) is 12.3 Å². The summed E-state index contributed by atoms with van der Waals surface area (Å²) in [5.74, 6) is 2.68. The third-order valence-electron chi connectivity index (χ3n) is 6.58. The molecule has 11 nitrogen and oxygen atoms in total. The summed E-state index contributed by atoms with van der Waals surface area (Å²) in [4.78, 5) is 29.4.